The molecule has 2 N–H and O–H groups in total. The van der Waals surface area contributed by atoms with Crippen LogP contribution >= 0.6 is 0 Å². The molecule has 1 aliphatic rings. The number of rotatable bonds is 2. The van der Waals surface area contributed by atoms with Crippen LogP contribution in [0.5, 0.6) is 0 Å². The molecule has 3 nitrogen and oxygen atoms in total. The van der Waals surface area contributed by atoms with Crippen LogP contribution in [0.15, 0.2) is 6.07 Å². The fourth-order valence-electron chi connectivity index (χ4n) is 1.85. The van der Waals surface area contributed by atoms with E-state index in [-0.39, 0.29) is 11.6 Å². The Morgan fingerprint density at radius 3 is 2.40 bits per heavy atom. The van der Waals surface area contributed by atoms with E-state index < -0.39 is 0 Å². The van der Waals surface area contributed by atoms with E-state index in [1.165, 1.54) is 18.5 Å². The monoisotopic (exact) mass is 207 g/mol. The smallest absolute Gasteiger partial charge is 0.0659 e. The molecular weight excluding hydrogens is 186 g/mol. The van der Waals surface area contributed by atoms with Gasteiger partial charge in [-0.05, 0) is 46.6 Å². The summed E-state index contributed by atoms with van der Waals surface area (Å²) >= 11 is 0. The lowest BCUT2D eigenvalue weighted by Gasteiger charge is -2.23. The molecule has 1 aliphatic carbocycles. The van der Waals surface area contributed by atoms with Crippen LogP contribution in [-0.2, 0) is 5.54 Å². The number of hydrogen-bond acceptors (Lipinski definition) is 2. The summed E-state index contributed by atoms with van der Waals surface area (Å²) in [5.74, 6) is 0.700. The molecule has 84 valence electrons. The third-order valence-corrected chi connectivity index (χ3v) is 2.85. The molecule has 0 saturated heterocycles. The molecule has 0 aliphatic heterocycles. The van der Waals surface area contributed by atoms with Gasteiger partial charge in [0, 0.05) is 12.0 Å². The van der Waals surface area contributed by atoms with Crippen molar-refractivity contribution in [1.82, 2.24) is 9.78 Å². The van der Waals surface area contributed by atoms with Gasteiger partial charge in [0.1, 0.15) is 0 Å². The molecule has 0 bridgehead atoms. The minimum absolute atomic E-state index is 0.0239. The fourth-order valence-corrected chi connectivity index (χ4v) is 1.85. The summed E-state index contributed by atoms with van der Waals surface area (Å²) in [5, 5.41) is 4.70. The first-order valence-electron chi connectivity index (χ1n) is 5.75. The minimum Gasteiger partial charge on any atom is -0.323 e. The van der Waals surface area contributed by atoms with E-state index in [2.05, 4.69) is 31.5 Å². The molecule has 15 heavy (non-hydrogen) atoms. The van der Waals surface area contributed by atoms with Crippen molar-refractivity contribution >= 4 is 0 Å². The van der Waals surface area contributed by atoms with Crippen molar-refractivity contribution in [2.75, 3.05) is 0 Å². The molecule has 2 rings (SSSR count). The Balaban J connectivity index is 2.41. The Morgan fingerprint density at radius 1 is 1.47 bits per heavy atom. The first-order chi connectivity index (χ1) is 6.89. The summed E-state index contributed by atoms with van der Waals surface area (Å²) in [5.41, 5.74) is 8.40. The van der Waals surface area contributed by atoms with Crippen LogP contribution in [0.1, 0.15) is 63.9 Å². The van der Waals surface area contributed by atoms with Gasteiger partial charge >= 0.3 is 0 Å². The molecular formula is C12H21N3. The van der Waals surface area contributed by atoms with Crippen LogP contribution < -0.4 is 5.73 Å². The highest BCUT2D eigenvalue weighted by Crippen LogP contribution is 2.40. The molecule has 1 fully saturated rings. The molecule has 3 heteroatoms. The van der Waals surface area contributed by atoms with E-state index in [0.717, 1.165) is 5.69 Å². The van der Waals surface area contributed by atoms with Crippen molar-refractivity contribution in [3.63, 3.8) is 0 Å². The van der Waals surface area contributed by atoms with Crippen LogP contribution in [0.3, 0.4) is 0 Å². The van der Waals surface area contributed by atoms with E-state index >= 15 is 0 Å². The lowest BCUT2D eigenvalue weighted by molar-refractivity contribution is 0.336. The first kappa shape index (κ1) is 10.7. The zero-order chi connectivity index (χ0) is 11.2. The Labute approximate surface area is 91.7 Å². The maximum absolute atomic E-state index is 5.98. The predicted octanol–water partition coefficient (Wildman–Crippen LogP) is 2.54. The second-order valence-corrected chi connectivity index (χ2v) is 5.64. The molecule has 1 saturated carbocycles. The summed E-state index contributed by atoms with van der Waals surface area (Å²) in [6.45, 7) is 8.53. The van der Waals surface area contributed by atoms with Crippen LogP contribution in [0.4, 0.5) is 0 Å². The zero-order valence-electron chi connectivity index (χ0n) is 10.1. The van der Waals surface area contributed by atoms with Gasteiger partial charge in [-0.25, -0.2) is 0 Å². The van der Waals surface area contributed by atoms with E-state index in [9.17, 15) is 0 Å². The van der Waals surface area contributed by atoms with Crippen LogP contribution in [-0.4, -0.2) is 9.78 Å². The normalized spacial score (nSPS) is 19.3. The Hall–Kier alpha value is -0.830. The zero-order valence-corrected chi connectivity index (χ0v) is 10.1. The number of nitrogens with zero attached hydrogens (tertiary/aromatic N) is 2. The molecule has 0 aromatic carbocycles. The Kier molecular flexibility index (Phi) is 2.38. The summed E-state index contributed by atoms with van der Waals surface area (Å²) in [4.78, 5) is 0. The van der Waals surface area contributed by atoms with Gasteiger partial charge in [0.05, 0.1) is 16.9 Å². The molecule has 0 radical (unpaired) electrons. The minimum atomic E-state index is 0.0239. The SMILES string of the molecule is CC(N)c1cc(C2CC2)nn1C(C)(C)C. The average Bonchev–Trinajstić information content (AvgIpc) is 2.81. The van der Waals surface area contributed by atoms with E-state index in [1.807, 2.05) is 6.92 Å². The van der Waals surface area contributed by atoms with Gasteiger partial charge in [0.15, 0.2) is 0 Å². The summed E-state index contributed by atoms with van der Waals surface area (Å²) in [6, 6.07) is 2.25. The maximum atomic E-state index is 5.98. The lowest BCUT2D eigenvalue weighted by Crippen LogP contribution is -2.27. The summed E-state index contributed by atoms with van der Waals surface area (Å²) in [7, 11) is 0. The van der Waals surface area contributed by atoms with Gasteiger partial charge in [0.2, 0.25) is 0 Å². The van der Waals surface area contributed by atoms with E-state index in [0.29, 0.717) is 5.92 Å². The van der Waals surface area contributed by atoms with Crippen molar-refractivity contribution in [1.29, 1.82) is 0 Å². The van der Waals surface area contributed by atoms with Gasteiger partial charge in [-0.3, -0.25) is 4.68 Å². The first-order valence-corrected chi connectivity index (χ1v) is 5.75. The molecule has 0 amide bonds. The topological polar surface area (TPSA) is 43.8 Å². The van der Waals surface area contributed by atoms with Gasteiger partial charge in [0.25, 0.3) is 0 Å². The maximum Gasteiger partial charge on any atom is 0.0659 e. The molecule has 1 aromatic heterocycles. The summed E-state index contributed by atoms with van der Waals surface area (Å²) in [6.07, 6.45) is 2.58. The predicted molar refractivity (Wildman–Crippen MR) is 61.8 cm³/mol. The van der Waals surface area contributed by atoms with Crippen LogP contribution in [0.25, 0.3) is 0 Å². The molecule has 1 heterocycles. The average molecular weight is 207 g/mol. The molecule has 1 aromatic rings. The van der Waals surface area contributed by atoms with Gasteiger partial charge in [-0.1, -0.05) is 0 Å². The Bertz CT molecular complexity index is 353. The van der Waals surface area contributed by atoms with Gasteiger partial charge in [-0.15, -0.1) is 0 Å². The number of hydrogen-bond donors (Lipinski definition) is 1. The summed E-state index contributed by atoms with van der Waals surface area (Å²) < 4.78 is 2.09. The Morgan fingerprint density at radius 2 is 2.07 bits per heavy atom. The van der Waals surface area contributed by atoms with Crippen molar-refractivity contribution in [3.8, 4) is 0 Å². The van der Waals surface area contributed by atoms with E-state index in [1.54, 1.807) is 0 Å². The van der Waals surface area contributed by atoms with Crippen LogP contribution in [0, 0.1) is 0 Å². The highest BCUT2D eigenvalue weighted by atomic mass is 15.3. The highest BCUT2D eigenvalue weighted by molar-refractivity contribution is 5.21. The van der Waals surface area contributed by atoms with Crippen molar-refractivity contribution < 1.29 is 0 Å². The fraction of sp³-hybridized carbons (Fsp3) is 0.750. The molecule has 1 unspecified atom stereocenters. The van der Waals surface area contributed by atoms with Gasteiger partial charge < -0.3 is 5.73 Å². The number of nitrogens with two attached hydrogens (primary N) is 1. The van der Waals surface area contributed by atoms with E-state index in [4.69, 9.17) is 10.8 Å². The molecule has 0 spiro atoms. The standard InChI is InChI=1S/C12H21N3/c1-8(13)11-7-10(9-5-6-9)14-15(11)12(2,3)4/h7-9H,5-6,13H2,1-4H3. The molecule has 1 atom stereocenters. The quantitative estimate of drug-likeness (QED) is 0.810. The second-order valence-electron chi connectivity index (χ2n) is 5.64. The highest BCUT2D eigenvalue weighted by Gasteiger charge is 2.30. The van der Waals surface area contributed by atoms with Crippen LogP contribution in [0.2, 0.25) is 0 Å². The van der Waals surface area contributed by atoms with Gasteiger partial charge in [-0.2, -0.15) is 5.10 Å². The third kappa shape index (κ3) is 2.07. The van der Waals surface area contributed by atoms with Crippen molar-refractivity contribution in [2.24, 2.45) is 5.73 Å². The number of aromatic nitrogens is 2. The van der Waals surface area contributed by atoms with Crippen molar-refractivity contribution in [2.45, 2.75) is 58.0 Å². The third-order valence-electron chi connectivity index (χ3n) is 2.85. The van der Waals surface area contributed by atoms with Crippen molar-refractivity contribution in [3.05, 3.63) is 17.5 Å². The lowest BCUT2D eigenvalue weighted by atomic mass is 10.1. The largest absolute Gasteiger partial charge is 0.323 e. The second kappa shape index (κ2) is 3.34.